The number of ether oxygens (including phenoxy) is 2. The fourth-order valence-electron chi connectivity index (χ4n) is 2.69. The highest BCUT2D eigenvalue weighted by Gasteiger charge is 2.39. The number of nitrogens with zero attached hydrogens (tertiary/aromatic N) is 1. The average Bonchev–Trinajstić information content (AvgIpc) is 2.95. The summed E-state index contributed by atoms with van der Waals surface area (Å²) in [5, 5.41) is 0.484. The van der Waals surface area contributed by atoms with Crippen LogP contribution in [0.1, 0.15) is 57.8 Å². The van der Waals surface area contributed by atoms with E-state index in [-0.39, 0.29) is 22.4 Å². The van der Waals surface area contributed by atoms with Crippen LogP contribution >= 0.6 is 0 Å². The third-order valence-electron chi connectivity index (χ3n) is 4.04. The normalized spacial score (nSPS) is 12.7. The summed E-state index contributed by atoms with van der Waals surface area (Å²) in [6.45, 7) is 4.85. The number of carbonyl (C=O) groups excluding carboxylic acids is 3. The zero-order valence-corrected chi connectivity index (χ0v) is 15.8. The molecular formula is C21H21NO6. The second-order valence-electron chi connectivity index (χ2n) is 6.18. The molecule has 1 aliphatic rings. The van der Waals surface area contributed by atoms with Crippen molar-refractivity contribution in [2.45, 2.75) is 26.7 Å². The van der Waals surface area contributed by atoms with Gasteiger partial charge in [-0.15, -0.1) is 0 Å². The molecule has 28 heavy (non-hydrogen) atoms. The minimum atomic E-state index is -0.859. The first-order valence-corrected chi connectivity index (χ1v) is 9.16. The number of hydrogen-bond acceptors (Lipinski definition) is 6. The van der Waals surface area contributed by atoms with Crippen LogP contribution in [0.2, 0.25) is 0 Å². The van der Waals surface area contributed by atoms with E-state index in [0.717, 1.165) is 12.8 Å². The molecule has 0 saturated carbocycles. The zero-order chi connectivity index (χ0) is 20.1. The maximum Gasteiger partial charge on any atom is 0.367 e. The van der Waals surface area contributed by atoms with Crippen molar-refractivity contribution in [3.05, 3.63) is 59.2 Å². The first-order valence-electron chi connectivity index (χ1n) is 9.16. The van der Waals surface area contributed by atoms with Gasteiger partial charge in [-0.3, -0.25) is 9.59 Å². The van der Waals surface area contributed by atoms with E-state index in [0.29, 0.717) is 24.0 Å². The lowest BCUT2D eigenvalue weighted by molar-refractivity contribution is -0.0586. The van der Waals surface area contributed by atoms with E-state index in [4.69, 9.17) is 14.3 Å². The van der Waals surface area contributed by atoms with Crippen molar-refractivity contribution in [3.63, 3.8) is 0 Å². The molecule has 0 unspecified atom stereocenters. The number of imide groups is 1. The van der Waals surface area contributed by atoms with Crippen molar-refractivity contribution in [1.29, 1.82) is 0 Å². The van der Waals surface area contributed by atoms with Crippen LogP contribution < -0.4 is 9.47 Å². The van der Waals surface area contributed by atoms with E-state index < -0.39 is 17.8 Å². The van der Waals surface area contributed by atoms with Gasteiger partial charge in [0.1, 0.15) is 17.1 Å². The molecule has 3 rings (SSSR count). The van der Waals surface area contributed by atoms with Gasteiger partial charge < -0.3 is 14.3 Å². The number of hydroxylamine groups is 2. The van der Waals surface area contributed by atoms with Gasteiger partial charge in [0.2, 0.25) is 0 Å². The molecule has 146 valence electrons. The quantitative estimate of drug-likeness (QED) is 0.648. The Balaban J connectivity index is 1.82. The summed E-state index contributed by atoms with van der Waals surface area (Å²) in [4.78, 5) is 42.5. The maximum absolute atomic E-state index is 12.7. The number of fused-ring (bicyclic) bond motifs is 1. The van der Waals surface area contributed by atoms with Crippen LogP contribution in [0.15, 0.2) is 42.5 Å². The van der Waals surface area contributed by atoms with E-state index in [2.05, 4.69) is 0 Å². The van der Waals surface area contributed by atoms with Crippen LogP contribution in [0.4, 0.5) is 0 Å². The summed E-state index contributed by atoms with van der Waals surface area (Å²) in [6.07, 6.45) is 1.58. The van der Waals surface area contributed by atoms with Crippen molar-refractivity contribution in [2.75, 3.05) is 13.2 Å². The molecule has 0 N–H and O–H groups in total. The first kappa shape index (κ1) is 19.4. The molecule has 0 saturated heterocycles. The molecule has 0 atom stereocenters. The fraction of sp³-hybridized carbons (Fsp3) is 0.286. The Hall–Kier alpha value is -3.35. The van der Waals surface area contributed by atoms with Crippen LogP contribution in [-0.2, 0) is 4.84 Å². The highest BCUT2D eigenvalue weighted by molar-refractivity contribution is 6.21. The monoisotopic (exact) mass is 383 g/mol. The predicted molar refractivity (Wildman–Crippen MR) is 100 cm³/mol. The van der Waals surface area contributed by atoms with Gasteiger partial charge >= 0.3 is 5.97 Å². The molecule has 1 heterocycles. The standard InChI is InChI=1S/C21H21NO6/c1-3-11-26-14-9-10-17(18(13-14)27-12-4-2)21(25)28-22-19(23)15-7-5-6-8-16(15)20(22)24/h5-10,13H,3-4,11-12H2,1-2H3. The second-order valence-corrected chi connectivity index (χ2v) is 6.18. The van der Waals surface area contributed by atoms with Gasteiger partial charge in [-0.1, -0.05) is 31.0 Å². The van der Waals surface area contributed by atoms with Gasteiger partial charge in [-0.05, 0) is 37.1 Å². The Morgan fingerprint density at radius 3 is 2.11 bits per heavy atom. The third-order valence-corrected chi connectivity index (χ3v) is 4.04. The minimum Gasteiger partial charge on any atom is -0.493 e. The number of rotatable bonds is 8. The second kappa shape index (κ2) is 8.56. The Labute approximate surface area is 162 Å². The molecule has 7 nitrogen and oxygen atoms in total. The molecule has 0 radical (unpaired) electrons. The summed E-state index contributed by atoms with van der Waals surface area (Å²) in [5.74, 6) is -1.37. The number of amides is 2. The highest BCUT2D eigenvalue weighted by Crippen LogP contribution is 2.28. The first-order chi connectivity index (χ1) is 13.6. The molecule has 2 aromatic rings. The average molecular weight is 383 g/mol. The largest absolute Gasteiger partial charge is 0.493 e. The van der Waals surface area contributed by atoms with Crippen LogP contribution in [-0.4, -0.2) is 36.1 Å². The molecule has 7 heteroatoms. The number of hydrogen-bond donors (Lipinski definition) is 0. The lowest BCUT2D eigenvalue weighted by atomic mass is 10.1. The lowest BCUT2D eigenvalue weighted by Gasteiger charge is -2.16. The van der Waals surface area contributed by atoms with Crippen LogP contribution in [0.25, 0.3) is 0 Å². The van der Waals surface area contributed by atoms with Crippen molar-refractivity contribution >= 4 is 17.8 Å². The molecule has 2 aromatic carbocycles. The molecule has 0 aromatic heterocycles. The molecule has 2 amide bonds. The molecule has 0 spiro atoms. The Bertz CT molecular complexity index is 873. The maximum atomic E-state index is 12.7. The predicted octanol–water partition coefficient (Wildman–Crippen LogP) is 3.63. The van der Waals surface area contributed by atoms with Crippen LogP contribution in [0.5, 0.6) is 11.5 Å². The summed E-state index contributed by atoms with van der Waals surface area (Å²) in [7, 11) is 0. The minimum absolute atomic E-state index is 0.105. The Morgan fingerprint density at radius 2 is 1.50 bits per heavy atom. The van der Waals surface area contributed by atoms with Crippen molar-refractivity contribution in [2.24, 2.45) is 0 Å². The third kappa shape index (κ3) is 3.83. The molecule has 1 aliphatic heterocycles. The van der Waals surface area contributed by atoms with Crippen LogP contribution in [0.3, 0.4) is 0 Å². The molecule has 0 bridgehead atoms. The Kier molecular flexibility index (Phi) is 5.93. The van der Waals surface area contributed by atoms with Gasteiger partial charge in [0.05, 0.1) is 24.3 Å². The SMILES string of the molecule is CCCOc1ccc(C(=O)ON2C(=O)c3ccccc3C2=O)c(OCCC)c1. The van der Waals surface area contributed by atoms with E-state index in [1.165, 1.54) is 18.2 Å². The van der Waals surface area contributed by atoms with Crippen molar-refractivity contribution in [1.82, 2.24) is 5.06 Å². The van der Waals surface area contributed by atoms with E-state index in [1.54, 1.807) is 24.3 Å². The van der Waals surface area contributed by atoms with Gasteiger partial charge in [0.25, 0.3) is 11.8 Å². The summed E-state index contributed by atoms with van der Waals surface area (Å²) in [5.41, 5.74) is 0.506. The van der Waals surface area contributed by atoms with Crippen molar-refractivity contribution < 1.29 is 28.7 Å². The summed E-state index contributed by atoms with van der Waals surface area (Å²) >= 11 is 0. The van der Waals surface area contributed by atoms with Gasteiger partial charge in [0.15, 0.2) is 0 Å². The Morgan fingerprint density at radius 1 is 0.893 bits per heavy atom. The summed E-state index contributed by atoms with van der Waals surface area (Å²) in [6, 6.07) is 11.0. The smallest absolute Gasteiger partial charge is 0.367 e. The number of benzene rings is 2. The van der Waals surface area contributed by atoms with Crippen molar-refractivity contribution in [3.8, 4) is 11.5 Å². The molecule has 0 aliphatic carbocycles. The fourth-order valence-corrected chi connectivity index (χ4v) is 2.69. The van der Waals surface area contributed by atoms with E-state index in [1.807, 2.05) is 13.8 Å². The molecule has 0 fully saturated rings. The van der Waals surface area contributed by atoms with Gasteiger partial charge in [-0.25, -0.2) is 4.79 Å². The van der Waals surface area contributed by atoms with E-state index in [9.17, 15) is 14.4 Å². The van der Waals surface area contributed by atoms with Crippen LogP contribution in [0, 0.1) is 0 Å². The van der Waals surface area contributed by atoms with E-state index >= 15 is 0 Å². The highest BCUT2D eigenvalue weighted by atomic mass is 16.7. The molecular weight excluding hydrogens is 362 g/mol. The summed E-state index contributed by atoms with van der Waals surface area (Å²) < 4.78 is 11.2. The zero-order valence-electron chi connectivity index (χ0n) is 15.8. The lowest BCUT2D eigenvalue weighted by Crippen LogP contribution is -2.32. The van der Waals surface area contributed by atoms with Gasteiger partial charge in [0, 0.05) is 6.07 Å². The number of carbonyl (C=O) groups is 3. The van der Waals surface area contributed by atoms with Gasteiger partial charge in [-0.2, -0.15) is 0 Å². The topological polar surface area (TPSA) is 82.1 Å².